The minimum atomic E-state index is 0. The van der Waals surface area contributed by atoms with E-state index in [1.54, 1.807) is 0 Å². The van der Waals surface area contributed by atoms with E-state index >= 15 is 0 Å². The Morgan fingerprint density at radius 2 is 1.94 bits per heavy atom. The van der Waals surface area contributed by atoms with Gasteiger partial charge in [-0.15, -0.1) is 0 Å². The van der Waals surface area contributed by atoms with Crippen molar-refractivity contribution >= 4 is 5.91 Å². The molecule has 2 rings (SSSR count). The van der Waals surface area contributed by atoms with Gasteiger partial charge in [0, 0.05) is 33.2 Å². The maximum absolute atomic E-state index is 12.2. The van der Waals surface area contributed by atoms with Gasteiger partial charge in [0.05, 0.1) is 0 Å². The first kappa shape index (κ1) is 12.1. The molecule has 1 saturated heterocycles. The second-order valence-electron chi connectivity index (χ2n) is 4.49. The molecule has 1 fully saturated rings. The monoisotopic (exact) mass is 234 g/mol. The topological polar surface area (TPSA) is 32.3 Å². The van der Waals surface area contributed by atoms with Gasteiger partial charge in [0.15, 0.2) is 0 Å². The number of piperazine rings is 1. The lowest BCUT2D eigenvalue weighted by atomic mass is 10.1. The summed E-state index contributed by atoms with van der Waals surface area (Å²) in [5.74, 6) is 0.162. The maximum atomic E-state index is 12.2. The summed E-state index contributed by atoms with van der Waals surface area (Å²) < 4.78 is 0. The number of rotatable bonds is 3. The Hall–Kier alpha value is -1.35. The standard InChI is InChI=1S/C14H20N2O.H2/c1-2-3-12-4-6-13(7-5-12)14(17)16-10-8-15-9-11-16;/h4-7,15H,2-3,8-11H2,1H3;1H. The van der Waals surface area contributed by atoms with Crippen LogP contribution in [0.3, 0.4) is 0 Å². The van der Waals surface area contributed by atoms with Crippen LogP contribution in [0, 0.1) is 0 Å². The van der Waals surface area contributed by atoms with Crippen molar-refractivity contribution in [3.8, 4) is 0 Å². The fourth-order valence-corrected chi connectivity index (χ4v) is 2.15. The first-order valence-electron chi connectivity index (χ1n) is 6.40. The number of amides is 1. The Balaban J connectivity index is 0.00000162. The van der Waals surface area contributed by atoms with Gasteiger partial charge in [-0.25, -0.2) is 0 Å². The van der Waals surface area contributed by atoms with E-state index in [0.29, 0.717) is 0 Å². The van der Waals surface area contributed by atoms with Crippen LogP contribution < -0.4 is 5.32 Å². The highest BCUT2D eigenvalue weighted by molar-refractivity contribution is 5.94. The summed E-state index contributed by atoms with van der Waals surface area (Å²) in [5.41, 5.74) is 2.12. The Morgan fingerprint density at radius 3 is 2.53 bits per heavy atom. The molecule has 94 valence electrons. The van der Waals surface area contributed by atoms with Crippen LogP contribution in [-0.4, -0.2) is 37.0 Å². The smallest absolute Gasteiger partial charge is 0.253 e. The van der Waals surface area contributed by atoms with Crippen molar-refractivity contribution < 1.29 is 6.22 Å². The van der Waals surface area contributed by atoms with Gasteiger partial charge in [0.1, 0.15) is 0 Å². The molecule has 0 spiro atoms. The fourth-order valence-electron chi connectivity index (χ4n) is 2.15. The molecule has 0 aliphatic carbocycles. The van der Waals surface area contributed by atoms with E-state index in [4.69, 9.17) is 0 Å². The molecule has 17 heavy (non-hydrogen) atoms. The predicted molar refractivity (Wildman–Crippen MR) is 71.3 cm³/mol. The van der Waals surface area contributed by atoms with Crippen LogP contribution in [0.4, 0.5) is 0 Å². The van der Waals surface area contributed by atoms with E-state index in [1.807, 2.05) is 17.0 Å². The molecular weight excluding hydrogens is 212 g/mol. The number of hydrogen-bond donors (Lipinski definition) is 1. The number of aryl methyl sites for hydroxylation is 1. The van der Waals surface area contributed by atoms with Crippen molar-refractivity contribution in [3.05, 3.63) is 35.4 Å². The van der Waals surface area contributed by atoms with E-state index in [9.17, 15) is 4.79 Å². The third-order valence-corrected chi connectivity index (χ3v) is 3.14. The lowest BCUT2D eigenvalue weighted by molar-refractivity contribution is 0.0736. The highest BCUT2D eigenvalue weighted by atomic mass is 16.2. The summed E-state index contributed by atoms with van der Waals surface area (Å²) in [6, 6.07) is 8.04. The maximum Gasteiger partial charge on any atom is 0.253 e. The molecule has 1 N–H and O–H groups in total. The zero-order valence-electron chi connectivity index (χ0n) is 10.4. The Morgan fingerprint density at radius 1 is 1.29 bits per heavy atom. The SMILES string of the molecule is CCCc1ccc(C(=O)N2CCNCC2)cc1.[HH]. The van der Waals surface area contributed by atoms with Crippen LogP contribution >= 0.6 is 0 Å². The van der Waals surface area contributed by atoms with Crippen molar-refractivity contribution in [2.75, 3.05) is 26.2 Å². The van der Waals surface area contributed by atoms with Crippen molar-refractivity contribution in [3.63, 3.8) is 0 Å². The van der Waals surface area contributed by atoms with Crippen LogP contribution in [-0.2, 0) is 6.42 Å². The second kappa shape index (κ2) is 5.82. The van der Waals surface area contributed by atoms with Crippen LogP contribution in [0.5, 0.6) is 0 Å². The van der Waals surface area contributed by atoms with Gasteiger partial charge >= 0.3 is 0 Å². The molecule has 3 heteroatoms. The average Bonchev–Trinajstić information content (AvgIpc) is 2.40. The molecule has 1 heterocycles. The lowest BCUT2D eigenvalue weighted by Gasteiger charge is -2.27. The van der Waals surface area contributed by atoms with E-state index in [-0.39, 0.29) is 7.33 Å². The first-order valence-corrected chi connectivity index (χ1v) is 6.40. The van der Waals surface area contributed by atoms with E-state index in [2.05, 4.69) is 24.4 Å². The largest absolute Gasteiger partial charge is 0.336 e. The van der Waals surface area contributed by atoms with Crippen molar-refractivity contribution in [1.82, 2.24) is 10.2 Å². The number of nitrogens with zero attached hydrogens (tertiary/aromatic N) is 1. The molecule has 1 aromatic rings. The highest BCUT2D eigenvalue weighted by Gasteiger charge is 2.17. The summed E-state index contributed by atoms with van der Waals surface area (Å²) in [4.78, 5) is 14.1. The molecule has 0 bridgehead atoms. The Kier molecular flexibility index (Phi) is 4.15. The summed E-state index contributed by atoms with van der Waals surface area (Å²) in [5, 5.41) is 3.25. The second-order valence-corrected chi connectivity index (χ2v) is 4.49. The molecule has 1 aliphatic heterocycles. The number of carbonyl (C=O) groups excluding carboxylic acids is 1. The average molecular weight is 234 g/mol. The predicted octanol–water partition coefficient (Wildman–Crippen LogP) is 1.93. The van der Waals surface area contributed by atoms with E-state index < -0.39 is 0 Å². The third-order valence-electron chi connectivity index (χ3n) is 3.14. The summed E-state index contributed by atoms with van der Waals surface area (Å²) in [6.45, 7) is 5.60. The lowest BCUT2D eigenvalue weighted by Crippen LogP contribution is -2.46. The van der Waals surface area contributed by atoms with Gasteiger partial charge in [-0.2, -0.15) is 0 Å². The van der Waals surface area contributed by atoms with E-state index in [0.717, 1.165) is 44.6 Å². The van der Waals surface area contributed by atoms with E-state index in [1.165, 1.54) is 5.56 Å². The van der Waals surface area contributed by atoms with Gasteiger partial charge in [0.2, 0.25) is 0 Å². The van der Waals surface area contributed by atoms with Crippen LogP contribution in [0.2, 0.25) is 0 Å². The normalized spacial score (nSPS) is 15.9. The molecular formula is C14H22N2O. The van der Waals surface area contributed by atoms with Crippen LogP contribution in [0.25, 0.3) is 0 Å². The third kappa shape index (κ3) is 3.07. The van der Waals surface area contributed by atoms with Gasteiger partial charge in [-0.3, -0.25) is 4.79 Å². The van der Waals surface area contributed by atoms with Crippen molar-refractivity contribution in [1.29, 1.82) is 0 Å². The Bertz CT molecular complexity index is 372. The van der Waals surface area contributed by atoms with Crippen LogP contribution in [0.1, 0.15) is 30.7 Å². The molecule has 1 aromatic carbocycles. The molecule has 0 saturated carbocycles. The molecule has 1 amide bonds. The van der Waals surface area contributed by atoms with Gasteiger partial charge in [-0.05, 0) is 24.1 Å². The fraction of sp³-hybridized carbons (Fsp3) is 0.500. The molecule has 3 nitrogen and oxygen atoms in total. The molecule has 0 unspecified atom stereocenters. The summed E-state index contributed by atoms with van der Waals surface area (Å²) in [6.07, 6.45) is 2.23. The molecule has 0 radical (unpaired) electrons. The number of hydrogen-bond acceptors (Lipinski definition) is 2. The minimum Gasteiger partial charge on any atom is -0.336 e. The molecule has 1 aliphatic rings. The first-order chi connectivity index (χ1) is 8.31. The molecule has 0 atom stereocenters. The zero-order valence-corrected chi connectivity index (χ0v) is 10.4. The molecule has 0 aromatic heterocycles. The highest BCUT2D eigenvalue weighted by Crippen LogP contribution is 2.09. The minimum absolute atomic E-state index is 0. The summed E-state index contributed by atoms with van der Waals surface area (Å²) >= 11 is 0. The van der Waals surface area contributed by atoms with Crippen molar-refractivity contribution in [2.24, 2.45) is 0 Å². The number of nitrogens with one attached hydrogen (secondary N) is 1. The van der Waals surface area contributed by atoms with Gasteiger partial charge in [0.25, 0.3) is 5.91 Å². The van der Waals surface area contributed by atoms with Crippen LogP contribution in [0.15, 0.2) is 24.3 Å². The summed E-state index contributed by atoms with van der Waals surface area (Å²) in [7, 11) is 0. The Labute approximate surface area is 104 Å². The van der Waals surface area contributed by atoms with Gasteiger partial charge < -0.3 is 10.2 Å². The number of carbonyl (C=O) groups is 1. The van der Waals surface area contributed by atoms with Crippen molar-refractivity contribution in [2.45, 2.75) is 19.8 Å². The number of benzene rings is 1. The quantitative estimate of drug-likeness (QED) is 0.866. The zero-order chi connectivity index (χ0) is 12.1. The van der Waals surface area contributed by atoms with Gasteiger partial charge in [-0.1, -0.05) is 25.5 Å².